The minimum absolute atomic E-state index is 0.153. The van der Waals surface area contributed by atoms with Gasteiger partial charge in [-0.15, -0.1) is 0 Å². The lowest BCUT2D eigenvalue weighted by Gasteiger charge is -2.14. The Morgan fingerprint density at radius 3 is 2.73 bits per heavy atom. The van der Waals surface area contributed by atoms with Crippen LogP contribution in [0.4, 0.5) is 5.69 Å². The smallest absolute Gasteiger partial charge is 0.338 e. The molecule has 8 heteroatoms. The van der Waals surface area contributed by atoms with Crippen molar-refractivity contribution in [1.29, 1.82) is 0 Å². The van der Waals surface area contributed by atoms with E-state index in [1.807, 2.05) is 0 Å². The van der Waals surface area contributed by atoms with E-state index in [-0.39, 0.29) is 5.15 Å². The molecular formula is C18H13Cl2N3O3. The second-order valence-corrected chi connectivity index (χ2v) is 6.17. The van der Waals surface area contributed by atoms with E-state index >= 15 is 0 Å². The number of carbonyl (C=O) groups excluding carboxylic acids is 2. The van der Waals surface area contributed by atoms with Gasteiger partial charge < -0.3 is 10.1 Å². The van der Waals surface area contributed by atoms with Gasteiger partial charge in [-0.05, 0) is 49.4 Å². The number of aromatic nitrogens is 2. The summed E-state index contributed by atoms with van der Waals surface area (Å²) in [6.07, 6.45) is 0.487. The Labute approximate surface area is 159 Å². The summed E-state index contributed by atoms with van der Waals surface area (Å²) in [5.41, 5.74) is 1.31. The normalized spacial score (nSPS) is 11.8. The Kier molecular flexibility index (Phi) is 5.35. The lowest BCUT2D eigenvalue weighted by molar-refractivity contribution is -0.123. The van der Waals surface area contributed by atoms with Crippen LogP contribution in [-0.2, 0) is 9.53 Å². The number of pyridine rings is 2. The Hall–Kier alpha value is -2.70. The topological polar surface area (TPSA) is 81.2 Å². The molecule has 1 unspecified atom stereocenters. The van der Waals surface area contributed by atoms with Crippen LogP contribution in [0.25, 0.3) is 10.9 Å². The summed E-state index contributed by atoms with van der Waals surface area (Å²) in [6, 6.07) is 11.5. The summed E-state index contributed by atoms with van der Waals surface area (Å²) in [5.74, 6) is -1.13. The van der Waals surface area contributed by atoms with Crippen molar-refractivity contribution < 1.29 is 14.3 Å². The van der Waals surface area contributed by atoms with Crippen molar-refractivity contribution in [2.75, 3.05) is 5.32 Å². The minimum atomic E-state index is -1.02. The SMILES string of the molecule is CC(OC(=O)c1ccc2nc(Cl)ccc2c1)C(=O)Nc1cccnc1Cl. The highest BCUT2D eigenvalue weighted by Gasteiger charge is 2.20. The molecule has 0 aliphatic carbocycles. The van der Waals surface area contributed by atoms with Crippen LogP contribution in [0.1, 0.15) is 17.3 Å². The standard InChI is InChI=1S/C18H13Cl2N3O3/c1-10(17(24)23-14-3-2-8-21-16(14)20)26-18(25)12-4-6-13-11(9-12)5-7-15(19)22-13/h2-10H,1H3,(H,23,24). The Balaban J connectivity index is 1.69. The molecule has 3 rings (SSSR count). The highest BCUT2D eigenvalue weighted by Crippen LogP contribution is 2.19. The fourth-order valence-electron chi connectivity index (χ4n) is 2.22. The van der Waals surface area contributed by atoms with E-state index in [1.165, 1.54) is 13.1 Å². The molecule has 1 N–H and O–H groups in total. The quantitative estimate of drug-likeness (QED) is 0.535. The predicted octanol–water partition coefficient (Wildman–Crippen LogP) is 4.12. The summed E-state index contributed by atoms with van der Waals surface area (Å²) in [4.78, 5) is 32.5. The van der Waals surface area contributed by atoms with Crippen LogP contribution >= 0.6 is 23.2 Å². The number of esters is 1. The van der Waals surface area contributed by atoms with Gasteiger partial charge in [-0.2, -0.15) is 0 Å². The van der Waals surface area contributed by atoms with Gasteiger partial charge in [0.2, 0.25) is 0 Å². The van der Waals surface area contributed by atoms with Gasteiger partial charge in [0, 0.05) is 11.6 Å². The molecular weight excluding hydrogens is 377 g/mol. The first kappa shape index (κ1) is 18.1. The Morgan fingerprint density at radius 1 is 1.15 bits per heavy atom. The first-order valence-electron chi connectivity index (χ1n) is 7.63. The van der Waals surface area contributed by atoms with Crippen molar-refractivity contribution >= 4 is 51.7 Å². The van der Waals surface area contributed by atoms with Crippen LogP contribution in [0.15, 0.2) is 48.7 Å². The number of hydrogen-bond donors (Lipinski definition) is 1. The van der Waals surface area contributed by atoms with Crippen LogP contribution in [0, 0.1) is 0 Å². The Morgan fingerprint density at radius 2 is 1.96 bits per heavy atom. The van der Waals surface area contributed by atoms with Gasteiger partial charge in [-0.3, -0.25) is 4.79 Å². The number of nitrogens with zero attached hydrogens (tertiary/aromatic N) is 2. The number of anilines is 1. The van der Waals surface area contributed by atoms with Gasteiger partial charge in [0.1, 0.15) is 5.15 Å². The molecule has 26 heavy (non-hydrogen) atoms. The summed E-state index contributed by atoms with van der Waals surface area (Å²) in [5, 5.41) is 3.83. The highest BCUT2D eigenvalue weighted by molar-refractivity contribution is 6.32. The number of halogens is 2. The van der Waals surface area contributed by atoms with Crippen molar-refractivity contribution in [3.05, 3.63) is 64.5 Å². The third-order valence-electron chi connectivity index (χ3n) is 3.56. The maximum atomic E-state index is 12.3. The van der Waals surface area contributed by atoms with Crippen molar-refractivity contribution in [2.24, 2.45) is 0 Å². The number of fused-ring (bicyclic) bond motifs is 1. The number of hydrogen-bond acceptors (Lipinski definition) is 5. The van der Waals surface area contributed by atoms with E-state index in [0.717, 1.165) is 5.39 Å². The number of amides is 1. The van der Waals surface area contributed by atoms with E-state index in [0.29, 0.717) is 21.9 Å². The fourth-order valence-corrected chi connectivity index (χ4v) is 2.54. The van der Waals surface area contributed by atoms with E-state index in [9.17, 15) is 9.59 Å². The molecule has 0 aliphatic heterocycles. The lowest BCUT2D eigenvalue weighted by Crippen LogP contribution is -2.30. The maximum absolute atomic E-state index is 12.3. The summed E-state index contributed by atoms with van der Waals surface area (Å²) in [6.45, 7) is 1.47. The number of rotatable bonds is 4. The van der Waals surface area contributed by atoms with Gasteiger partial charge in [-0.1, -0.05) is 23.2 Å². The molecule has 1 aromatic carbocycles. The van der Waals surface area contributed by atoms with Crippen LogP contribution in [0.5, 0.6) is 0 Å². The highest BCUT2D eigenvalue weighted by atomic mass is 35.5. The van der Waals surface area contributed by atoms with Gasteiger partial charge >= 0.3 is 5.97 Å². The molecule has 0 aliphatic rings. The summed E-state index contributed by atoms with van der Waals surface area (Å²) < 4.78 is 5.22. The van der Waals surface area contributed by atoms with Crippen LogP contribution in [0.2, 0.25) is 10.3 Å². The van der Waals surface area contributed by atoms with Crippen LogP contribution in [-0.4, -0.2) is 27.9 Å². The zero-order valence-corrected chi connectivity index (χ0v) is 15.1. The first-order chi connectivity index (χ1) is 12.4. The average Bonchev–Trinajstić information content (AvgIpc) is 2.63. The summed E-state index contributed by atoms with van der Waals surface area (Å²) >= 11 is 11.7. The molecule has 2 heterocycles. The third-order valence-corrected chi connectivity index (χ3v) is 4.07. The zero-order chi connectivity index (χ0) is 18.7. The molecule has 0 saturated carbocycles. The lowest BCUT2D eigenvalue weighted by atomic mass is 10.1. The van der Waals surface area contributed by atoms with Crippen molar-refractivity contribution in [3.8, 4) is 0 Å². The fraction of sp³-hybridized carbons (Fsp3) is 0.111. The number of nitrogens with one attached hydrogen (secondary N) is 1. The molecule has 3 aromatic rings. The van der Waals surface area contributed by atoms with E-state index in [2.05, 4.69) is 15.3 Å². The summed E-state index contributed by atoms with van der Waals surface area (Å²) in [7, 11) is 0. The molecule has 6 nitrogen and oxygen atoms in total. The molecule has 0 spiro atoms. The van der Waals surface area contributed by atoms with Crippen molar-refractivity contribution in [3.63, 3.8) is 0 Å². The Bertz CT molecular complexity index is 994. The third kappa shape index (κ3) is 4.09. The van der Waals surface area contributed by atoms with Crippen LogP contribution in [0.3, 0.4) is 0 Å². The van der Waals surface area contributed by atoms with Crippen molar-refractivity contribution in [1.82, 2.24) is 9.97 Å². The second-order valence-electron chi connectivity index (χ2n) is 5.42. The van der Waals surface area contributed by atoms with E-state index < -0.39 is 18.0 Å². The monoisotopic (exact) mass is 389 g/mol. The predicted molar refractivity (Wildman–Crippen MR) is 99.5 cm³/mol. The number of benzene rings is 1. The van der Waals surface area contributed by atoms with E-state index in [4.69, 9.17) is 27.9 Å². The molecule has 2 aromatic heterocycles. The number of ether oxygens (including phenoxy) is 1. The second kappa shape index (κ2) is 7.68. The maximum Gasteiger partial charge on any atom is 0.338 e. The van der Waals surface area contributed by atoms with Gasteiger partial charge in [-0.25, -0.2) is 14.8 Å². The molecule has 1 atom stereocenters. The molecule has 0 radical (unpaired) electrons. The average molecular weight is 390 g/mol. The van der Waals surface area contributed by atoms with Crippen molar-refractivity contribution in [2.45, 2.75) is 13.0 Å². The van der Waals surface area contributed by atoms with Gasteiger partial charge in [0.05, 0.1) is 16.8 Å². The molecule has 0 saturated heterocycles. The van der Waals surface area contributed by atoms with Crippen LogP contribution < -0.4 is 5.32 Å². The van der Waals surface area contributed by atoms with Gasteiger partial charge in [0.15, 0.2) is 11.3 Å². The first-order valence-corrected chi connectivity index (χ1v) is 8.38. The largest absolute Gasteiger partial charge is 0.449 e. The molecule has 0 bridgehead atoms. The zero-order valence-electron chi connectivity index (χ0n) is 13.6. The molecule has 1 amide bonds. The molecule has 132 valence electrons. The van der Waals surface area contributed by atoms with Gasteiger partial charge in [0.25, 0.3) is 5.91 Å². The molecule has 0 fully saturated rings. The number of carbonyl (C=O) groups is 2. The minimum Gasteiger partial charge on any atom is -0.449 e. The van der Waals surface area contributed by atoms with E-state index in [1.54, 1.807) is 42.5 Å².